The van der Waals surface area contributed by atoms with Crippen LogP contribution in [0, 0.1) is 23.7 Å². The topological polar surface area (TPSA) is 12.5 Å². The molecule has 0 spiro atoms. The minimum Gasteiger partial charge on any atom is -0.365 e. The fourth-order valence-corrected chi connectivity index (χ4v) is 3.75. The van der Waals surface area contributed by atoms with Gasteiger partial charge in [-0.15, -0.1) is 5.92 Å². The lowest BCUT2D eigenvalue weighted by molar-refractivity contribution is 0.00309. The van der Waals surface area contributed by atoms with Crippen LogP contribution in [-0.4, -0.2) is 36.7 Å². The molecule has 1 atom stereocenters. The van der Waals surface area contributed by atoms with E-state index in [4.69, 9.17) is 4.74 Å². The molecule has 114 valence electrons. The number of ether oxygens (including phenoxy) is 1. The second kappa shape index (κ2) is 8.05. The Kier molecular flexibility index (Phi) is 6.39. The van der Waals surface area contributed by atoms with E-state index in [-0.39, 0.29) is 0 Å². The predicted molar refractivity (Wildman–Crippen MR) is 84.6 cm³/mol. The number of hydrogen-bond donors (Lipinski definition) is 0. The summed E-state index contributed by atoms with van der Waals surface area (Å²) in [5.74, 6) is 7.78. The summed E-state index contributed by atoms with van der Waals surface area (Å²) in [6, 6.07) is 0.763. The van der Waals surface area contributed by atoms with Crippen LogP contribution in [0.1, 0.15) is 59.3 Å². The Morgan fingerprint density at radius 3 is 2.35 bits per heavy atom. The molecule has 2 rings (SSSR count). The van der Waals surface area contributed by atoms with E-state index in [0.29, 0.717) is 12.7 Å². The highest BCUT2D eigenvalue weighted by Crippen LogP contribution is 2.33. The van der Waals surface area contributed by atoms with Gasteiger partial charge in [-0.05, 0) is 51.4 Å². The highest BCUT2D eigenvalue weighted by atomic mass is 16.5. The lowest BCUT2D eigenvalue weighted by atomic mass is 9.79. The second-order valence-corrected chi connectivity index (χ2v) is 6.73. The third kappa shape index (κ3) is 4.50. The number of nitrogens with zero attached hydrogens (tertiary/aromatic N) is 1. The van der Waals surface area contributed by atoms with Crippen molar-refractivity contribution >= 4 is 0 Å². The Morgan fingerprint density at radius 2 is 1.75 bits per heavy atom. The first kappa shape index (κ1) is 15.9. The fourth-order valence-electron chi connectivity index (χ4n) is 3.75. The summed E-state index contributed by atoms with van der Waals surface area (Å²) < 4.78 is 5.81. The normalized spacial score (nSPS) is 30.6. The lowest BCUT2D eigenvalue weighted by Crippen LogP contribution is -2.45. The van der Waals surface area contributed by atoms with Gasteiger partial charge in [0.15, 0.2) is 0 Å². The molecule has 1 saturated carbocycles. The number of piperidine rings is 1. The van der Waals surface area contributed by atoms with Gasteiger partial charge in [-0.1, -0.05) is 25.7 Å². The van der Waals surface area contributed by atoms with Crippen molar-refractivity contribution < 1.29 is 4.74 Å². The average Bonchev–Trinajstić information content (AvgIpc) is 2.48. The first-order valence-electron chi connectivity index (χ1n) is 8.46. The van der Waals surface area contributed by atoms with E-state index in [0.717, 1.165) is 17.9 Å². The third-order valence-electron chi connectivity index (χ3n) is 5.36. The summed E-state index contributed by atoms with van der Waals surface area (Å²) in [6.07, 6.45) is 8.53. The standard InChI is InChI=1S/C18H31NO/c1-4-5-14-20-18-10-12-19(13-11-18)16(3)17-8-6-15(2)7-9-17/h15-18H,6-14H2,1-3H3. The van der Waals surface area contributed by atoms with Gasteiger partial charge in [0.05, 0.1) is 6.10 Å². The molecule has 2 fully saturated rings. The molecule has 1 aliphatic carbocycles. The molecule has 0 radical (unpaired) electrons. The minimum atomic E-state index is 0.436. The zero-order valence-corrected chi connectivity index (χ0v) is 13.5. The summed E-state index contributed by atoms with van der Waals surface area (Å²) >= 11 is 0. The average molecular weight is 277 g/mol. The molecule has 2 nitrogen and oxygen atoms in total. The van der Waals surface area contributed by atoms with Crippen molar-refractivity contribution in [2.75, 3.05) is 19.7 Å². The van der Waals surface area contributed by atoms with Gasteiger partial charge in [0.2, 0.25) is 0 Å². The number of likely N-dealkylation sites (tertiary alicyclic amines) is 1. The molecule has 0 bridgehead atoms. The van der Waals surface area contributed by atoms with Gasteiger partial charge >= 0.3 is 0 Å². The molecule has 20 heavy (non-hydrogen) atoms. The third-order valence-corrected chi connectivity index (χ3v) is 5.36. The van der Waals surface area contributed by atoms with E-state index in [1.165, 1.54) is 51.6 Å². The van der Waals surface area contributed by atoms with Crippen LogP contribution in [0.15, 0.2) is 0 Å². The SMILES string of the molecule is CC#CCOC1CCN(C(C)C2CCC(C)CC2)CC1. The molecule has 0 aromatic carbocycles. The highest BCUT2D eigenvalue weighted by molar-refractivity contribution is 4.95. The maximum atomic E-state index is 5.81. The quantitative estimate of drug-likeness (QED) is 0.726. The maximum Gasteiger partial charge on any atom is 0.108 e. The summed E-state index contributed by atoms with van der Waals surface area (Å²) in [5, 5.41) is 0. The molecule has 1 saturated heterocycles. The van der Waals surface area contributed by atoms with Crippen molar-refractivity contribution in [3.05, 3.63) is 0 Å². The van der Waals surface area contributed by atoms with Gasteiger partial charge in [0.25, 0.3) is 0 Å². The van der Waals surface area contributed by atoms with Crippen LogP contribution < -0.4 is 0 Å². The van der Waals surface area contributed by atoms with Crippen molar-refractivity contribution in [1.29, 1.82) is 0 Å². The van der Waals surface area contributed by atoms with Gasteiger partial charge in [0.1, 0.15) is 6.61 Å². The largest absolute Gasteiger partial charge is 0.365 e. The number of rotatable bonds is 4. The molecule has 1 aliphatic heterocycles. The minimum absolute atomic E-state index is 0.436. The molecular weight excluding hydrogens is 246 g/mol. The molecule has 2 heteroatoms. The molecule has 0 N–H and O–H groups in total. The van der Waals surface area contributed by atoms with E-state index >= 15 is 0 Å². The molecule has 0 aromatic rings. The molecule has 2 aliphatic rings. The van der Waals surface area contributed by atoms with Crippen LogP contribution in [0.4, 0.5) is 0 Å². The van der Waals surface area contributed by atoms with Crippen LogP contribution in [0.3, 0.4) is 0 Å². The summed E-state index contributed by atoms with van der Waals surface area (Å²) in [7, 11) is 0. The molecule has 1 unspecified atom stereocenters. The van der Waals surface area contributed by atoms with Crippen molar-refractivity contribution in [3.63, 3.8) is 0 Å². The molecular formula is C18H31NO. The van der Waals surface area contributed by atoms with Gasteiger partial charge in [-0.3, -0.25) is 0 Å². The Hall–Kier alpha value is -0.520. The summed E-state index contributed by atoms with van der Waals surface area (Å²) in [5.41, 5.74) is 0. The smallest absolute Gasteiger partial charge is 0.108 e. The van der Waals surface area contributed by atoms with Crippen molar-refractivity contribution in [2.24, 2.45) is 11.8 Å². The van der Waals surface area contributed by atoms with Crippen LogP contribution in [0.5, 0.6) is 0 Å². The molecule has 0 amide bonds. The summed E-state index contributed by atoms with van der Waals surface area (Å²) in [6.45, 7) is 9.75. The summed E-state index contributed by atoms with van der Waals surface area (Å²) in [4.78, 5) is 2.70. The number of hydrogen-bond acceptors (Lipinski definition) is 2. The van der Waals surface area contributed by atoms with E-state index in [2.05, 4.69) is 30.6 Å². The van der Waals surface area contributed by atoms with Crippen LogP contribution in [0.2, 0.25) is 0 Å². The maximum absolute atomic E-state index is 5.81. The van der Waals surface area contributed by atoms with Gasteiger partial charge in [0, 0.05) is 19.1 Å². The first-order chi connectivity index (χ1) is 9.70. The van der Waals surface area contributed by atoms with Crippen LogP contribution >= 0.6 is 0 Å². The Morgan fingerprint density at radius 1 is 1.10 bits per heavy atom. The molecule has 0 aromatic heterocycles. The van der Waals surface area contributed by atoms with E-state index < -0.39 is 0 Å². The van der Waals surface area contributed by atoms with Gasteiger partial charge in [-0.25, -0.2) is 0 Å². The zero-order valence-electron chi connectivity index (χ0n) is 13.5. The van der Waals surface area contributed by atoms with Crippen LogP contribution in [0.25, 0.3) is 0 Å². The lowest BCUT2D eigenvalue weighted by Gasteiger charge is -2.41. The van der Waals surface area contributed by atoms with Gasteiger partial charge < -0.3 is 9.64 Å². The van der Waals surface area contributed by atoms with Crippen molar-refractivity contribution in [2.45, 2.75) is 71.4 Å². The monoisotopic (exact) mass is 277 g/mol. The van der Waals surface area contributed by atoms with Crippen LogP contribution in [-0.2, 0) is 4.74 Å². The zero-order chi connectivity index (χ0) is 14.4. The fraction of sp³-hybridized carbons (Fsp3) is 0.889. The van der Waals surface area contributed by atoms with Crippen molar-refractivity contribution in [3.8, 4) is 11.8 Å². The Bertz CT molecular complexity index is 327. The highest BCUT2D eigenvalue weighted by Gasteiger charge is 2.29. The van der Waals surface area contributed by atoms with E-state index in [1.54, 1.807) is 0 Å². The van der Waals surface area contributed by atoms with E-state index in [1.807, 2.05) is 6.92 Å². The Labute approximate surface area is 125 Å². The predicted octanol–water partition coefficient (Wildman–Crippen LogP) is 3.71. The van der Waals surface area contributed by atoms with Gasteiger partial charge in [-0.2, -0.15) is 0 Å². The van der Waals surface area contributed by atoms with E-state index in [9.17, 15) is 0 Å². The van der Waals surface area contributed by atoms with Crippen molar-refractivity contribution in [1.82, 2.24) is 4.90 Å². The Balaban J connectivity index is 1.71. The first-order valence-corrected chi connectivity index (χ1v) is 8.46. The second-order valence-electron chi connectivity index (χ2n) is 6.73. The molecule has 1 heterocycles.